The van der Waals surface area contributed by atoms with Crippen LogP contribution in [0.4, 0.5) is 0 Å². The van der Waals surface area contributed by atoms with Gasteiger partial charge in [0.2, 0.25) is 0 Å². The van der Waals surface area contributed by atoms with Gasteiger partial charge in [-0.05, 0) is 31.2 Å². The first kappa shape index (κ1) is 18.9. The van der Waals surface area contributed by atoms with Crippen molar-refractivity contribution in [1.82, 2.24) is 14.5 Å². The summed E-state index contributed by atoms with van der Waals surface area (Å²) >= 11 is 0. The Morgan fingerprint density at radius 2 is 1.75 bits per heavy atom. The number of rotatable bonds is 7. The second kappa shape index (κ2) is 8.73. The van der Waals surface area contributed by atoms with Gasteiger partial charge in [0, 0.05) is 19.6 Å². The number of fused-ring (bicyclic) bond motifs is 1. The lowest BCUT2D eigenvalue weighted by Crippen LogP contribution is -2.42. The van der Waals surface area contributed by atoms with E-state index < -0.39 is 6.10 Å². The predicted molar refractivity (Wildman–Crippen MR) is 108 cm³/mol. The molecule has 1 aromatic heterocycles. The van der Waals surface area contributed by atoms with Crippen molar-refractivity contribution in [1.29, 1.82) is 0 Å². The molecule has 0 saturated carbocycles. The van der Waals surface area contributed by atoms with Gasteiger partial charge in [0.25, 0.3) is 0 Å². The molecule has 6 heteroatoms. The Bertz CT molecular complexity index is 890. The van der Waals surface area contributed by atoms with E-state index in [-0.39, 0.29) is 6.10 Å². The molecule has 1 aliphatic rings. The first-order chi connectivity index (χ1) is 13.7. The predicted octanol–water partition coefficient (Wildman–Crippen LogP) is 2.87. The maximum Gasteiger partial charge on any atom is 0.153 e. The van der Waals surface area contributed by atoms with Gasteiger partial charge in [0.15, 0.2) is 11.9 Å². The normalized spacial score (nSPS) is 17.5. The smallest absolute Gasteiger partial charge is 0.153 e. The summed E-state index contributed by atoms with van der Waals surface area (Å²) in [6.45, 7) is 6.30. The average Bonchev–Trinajstić information content (AvgIpc) is 3.08. The molecule has 1 aliphatic heterocycles. The maximum atomic E-state index is 10.8. The summed E-state index contributed by atoms with van der Waals surface area (Å²) in [4.78, 5) is 7.05. The number of para-hydroxylation sites is 3. The third kappa shape index (κ3) is 4.35. The Morgan fingerprint density at radius 1 is 1.04 bits per heavy atom. The number of aliphatic hydroxyl groups is 1. The molecule has 0 spiro atoms. The van der Waals surface area contributed by atoms with Gasteiger partial charge in [0.1, 0.15) is 5.75 Å². The van der Waals surface area contributed by atoms with Crippen molar-refractivity contribution >= 4 is 11.0 Å². The van der Waals surface area contributed by atoms with Crippen molar-refractivity contribution in [3.05, 3.63) is 60.4 Å². The molecule has 2 heterocycles. The second-order valence-electron chi connectivity index (χ2n) is 7.21. The highest BCUT2D eigenvalue weighted by atomic mass is 16.5. The fraction of sp³-hybridized carbons (Fsp3) is 0.409. The molecule has 1 saturated heterocycles. The van der Waals surface area contributed by atoms with E-state index in [9.17, 15) is 5.11 Å². The third-order valence-electron chi connectivity index (χ3n) is 5.07. The molecule has 4 rings (SSSR count). The summed E-state index contributed by atoms with van der Waals surface area (Å²) in [5.41, 5.74) is 1.93. The average molecular weight is 381 g/mol. The Kier molecular flexibility index (Phi) is 5.90. The van der Waals surface area contributed by atoms with Crippen LogP contribution in [-0.2, 0) is 11.3 Å². The lowest BCUT2D eigenvalue weighted by Gasteiger charge is -2.29. The molecule has 1 fully saturated rings. The molecule has 0 amide bonds. The first-order valence-corrected chi connectivity index (χ1v) is 9.86. The van der Waals surface area contributed by atoms with Crippen molar-refractivity contribution in [2.75, 3.05) is 32.8 Å². The van der Waals surface area contributed by atoms with E-state index in [0.717, 1.165) is 48.9 Å². The molecule has 3 aromatic rings. The van der Waals surface area contributed by atoms with Gasteiger partial charge < -0.3 is 19.1 Å². The highest BCUT2D eigenvalue weighted by Crippen LogP contribution is 2.25. The molecule has 0 aliphatic carbocycles. The van der Waals surface area contributed by atoms with Crippen LogP contribution in [0.2, 0.25) is 0 Å². The van der Waals surface area contributed by atoms with E-state index >= 15 is 0 Å². The number of aliphatic hydroxyl groups excluding tert-OH is 1. The fourth-order valence-electron chi connectivity index (χ4n) is 3.70. The molecular weight excluding hydrogens is 354 g/mol. The zero-order chi connectivity index (χ0) is 19.3. The highest BCUT2D eigenvalue weighted by molar-refractivity contribution is 5.76. The SMILES string of the molecule is C[C@@H](Oc1ccccc1)c1nc2ccccc2n1C[C@H](O)CN1CCOCC1. The molecule has 2 atom stereocenters. The maximum absolute atomic E-state index is 10.8. The Morgan fingerprint density at radius 3 is 2.54 bits per heavy atom. The number of aromatic nitrogens is 2. The summed E-state index contributed by atoms with van der Waals surface area (Å²) in [5.74, 6) is 1.63. The number of hydrogen-bond donors (Lipinski definition) is 1. The molecule has 28 heavy (non-hydrogen) atoms. The van der Waals surface area contributed by atoms with Gasteiger partial charge in [0.05, 0.1) is 36.9 Å². The number of benzene rings is 2. The topological polar surface area (TPSA) is 59.8 Å². The zero-order valence-corrected chi connectivity index (χ0v) is 16.2. The summed E-state index contributed by atoms with van der Waals surface area (Å²) in [7, 11) is 0. The molecule has 0 bridgehead atoms. The van der Waals surface area contributed by atoms with Crippen LogP contribution in [0.15, 0.2) is 54.6 Å². The molecular formula is C22H27N3O3. The Hall–Kier alpha value is -2.41. The number of imidazole rings is 1. The van der Waals surface area contributed by atoms with Crippen LogP contribution >= 0.6 is 0 Å². The number of β-amino-alcohol motifs (C(OH)–C–C–N with tert-alkyl or cyclic N) is 1. The zero-order valence-electron chi connectivity index (χ0n) is 16.2. The van der Waals surface area contributed by atoms with Crippen LogP contribution in [0, 0.1) is 0 Å². The molecule has 0 unspecified atom stereocenters. The minimum atomic E-state index is -0.488. The van der Waals surface area contributed by atoms with Gasteiger partial charge in [-0.3, -0.25) is 4.90 Å². The van der Waals surface area contributed by atoms with E-state index in [1.807, 2.05) is 61.5 Å². The number of ether oxygens (including phenoxy) is 2. The van der Waals surface area contributed by atoms with Crippen LogP contribution in [0.1, 0.15) is 18.9 Å². The van der Waals surface area contributed by atoms with Gasteiger partial charge in [-0.15, -0.1) is 0 Å². The quantitative estimate of drug-likeness (QED) is 0.682. The number of morpholine rings is 1. The highest BCUT2D eigenvalue weighted by Gasteiger charge is 2.21. The van der Waals surface area contributed by atoms with E-state index in [4.69, 9.17) is 14.5 Å². The summed E-state index contributed by atoms with van der Waals surface area (Å²) in [6.07, 6.45) is -0.719. The summed E-state index contributed by atoms with van der Waals surface area (Å²) in [6, 6.07) is 17.8. The van der Waals surface area contributed by atoms with Crippen molar-refractivity contribution in [3.63, 3.8) is 0 Å². The van der Waals surface area contributed by atoms with E-state index in [2.05, 4.69) is 9.47 Å². The van der Waals surface area contributed by atoms with Gasteiger partial charge in [-0.25, -0.2) is 4.98 Å². The van der Waals surface area contributed by atoms with Crippen LogP contribution in [0.25, 0.3) is 11.0 Å². The molecule has 2 aromatic carbocycles. The standard InChI is InChI=1S/C22H27N3O3/c1-17(28-19-7-3-2-4-8-19)22-23-20-9-5-6-10-21(20)25(22)16-18(26)15-24-11-13-27-14-12-24/h2-10,17-18,26H,11-16H2,1H3/t17-,18-/m1/s1. The minimum absolute atomic E-state index is 0.231. The van der Waals surface area contributed by atoms with Crippen LogP contribution in [0.3, 0.4) is 0 Å². The van der Waals surface area contributed by atoms with Crippen LogP contribution < -0.4 is 4.74 Å². The largest absolute Gasteiger partial charge is 0.483 e. The minimum Gasteiger partial charge on any atom is -0.483 e. The fourth-order valence-corrected chi connectivity index (χ4v) is 3.70. The van der Waals surface area contributed by atoms with Crippen molar-refractivity contribution < 1.29 is 14.6 Å². The van der Waals surface area contributed by atoms with Gasteiger partial charge in [-0.1, -0.05) is 30.3 Å². The van der Waals surface area contributed by atoms with Crippen molar-refractivity contribution in [3.8, 4) is 5.75 Å². The molecule has 148 valence electrons. The van der Waals surface area contributed by atoms with E-state index in [1.165, 1.54) is 0 Å². The molecule has 6 nitrogen and oxygen atoms in total. The lowest BCUT2D eigenvalue weighted by atomic mass is 10.2. The summed E-state index contributed by atoms with van der Waals surface area (Å²) in [5, 5.41) is 10.8. The van der Waals surface area contributed by atoms with E-state index in [0.29, 0.717) is 13.1 Å². The van der Waals surface area contributed by atoms with Gasteiger partial charge in [-0.2, -0.15) is 0 Å². The molecule has 0 radical (unpaired) electrons. The lowest BCUT2D eigenvalue weighted by molar-refractivity contribution is 0.0113. The monoisotopic (exact) mass is 381 g/mol. The van der Waals surface area contributed by atoms with Crippen LogP contribution in [-0.4, -0.2) is 58.5 Å². The first-order valence-electron chi connectivity index (χ1n) is 9.86. The van der Waals surface area contributed by atoms with Crippen molar-refractivity contribution in [2.24, 2.45) is 0 Å². The van der Waals surface area contributed by atoms with Crippen molar-refractivity contribution in [2.45, 2.75) is 25.7 Å². The number of nitrogens with zero attached hydrogens (tertiary/aromatic N) is 3. The van der Waals surface area contributed by atoms with Crippen LogP contribution in [0.5, 0.6) is 5.75 Å². The second-order valence-corrected chi connectivity index (χ2v) is 7.21. The Balaban J connectivity index is 1.56. The third-order valence-corrected chi connectivity index (χ3v) is 5.07. The summed E-state index contributed by atoms with van der Waals surface area (Å²) < 4.78 is 13.6. The van der Waals surface area contributed by atoms with E-state index in [1.54, 1.807) is 0 Å². The number of hydrogen-bond acceptors (Lipinski definition) is 5. The van der Waals surface area contributed by atoms with Gasteiger partial charge >= 0.3 is 0 Å². The molecule has 1 N–H and O–H groups in total. The Labute approximate surface area is 165 Å².